The first kappa shape index (κ1) is 30.1. The van der Waals surface area contributed by atoms with Crippen molar-refractivity contribution in [3.8, 4) is 17.1 Å². The third-order valence-corrected chi connectivity index (χ3v) is 9.26. The molecular formula is C28H20ClF5N4O5S. The first-order valence-corrected chi connectivity index (χ1v) is 14.9. The Labute approximate surface area is 251 Å². The van der Waals surface area contributed by atoms with Crippen molar-refractivity contribution in [2.45, 2.75) is 48.4 Å². The van der Waals surface area contributed by atoms with Gasteiger partial charge in [0.25, 0.3) is 11.8 Å². The van der Waals surface area contributed by atoms with Gasteiger partial charge in [0.05, 0.1) is 58.9 Å². The van der Waals surface area contributed by atoms with Crippen LogP contribution in [0.15, 0.2) is 53.6 Å². The molecule has 1 saturated carbocycles. The minimum absolute atomic E-state index is 0.0603. The van der Waals surface area contributed by atoms with Gasteiger partial charge in [0.2, 0.25) is 15.3 Å². The van der Waals surface area contributed by atoms with E-state index in [1.165, 1.54) is 18.3 Å². The van der Waals surface area contributed by atoms with Crippen LogP contribution in [0.25, 0.3) is 22.3 Å². The van der Waals surface area contributed by atoms with Crippen LogP contribution < -0.4 is 10.1 Å². The summed E-state index contributed by atoms with van der Waals surface area (Å²) in [5.74, 6) is -5.55. The van der Waals surface area contributed by atoms with E-state index in [0.29, 0.717) is 16.6 Å². The predicted molar refractivity (Wildman–Crippen MR) is 146 cm³/mol. The highest BCUT2D eigenvalue weighted by Crippen LogP contribution is 2.57. The van der Waals surface area contributed by atoms with E-state index in [9.17, 15) is 35.2 Å². The van der Waals surface area contributed by atoms with E-state index < -0.39 is 63.4 Å². The number of nitrogens with zero attached hydrogens (tertiary/aromatic N) is 3. The van der Waals surface area contributed by atoms with Crippen LogP contribution in [-0.4, -0.2) is 53.9 Å². The maximum Gasteiger partial charge on any atom is 0.387 e. The highest BCUT2D eigenvalue weighted by Gasteiger charge is 2.59. The van der Waals surface area contributed by atoms with E-state index in [0.717, 1.165) is 12.1 Å². The Morgan fingerprint density at radius 1 is 1.14 bits per heavy atom. The van der Waals surface area contributed by atoms with Gasteiger partial charge in [-0.25, -0.2) is 31.6 Å². The fraction of sp³-hybridized carbons (Fsp3) is 0.286. The van der Waals surface area contributed by atoms with E-state index >= 15 is 0 Å². The first-order chi connectivity index (χ1) is 20.8. The Hall–Kier alpha value is -3.95. The van der Waals surface area contributed by atoms with Crippen LogP contribution in [0.2, 0.25) is 5.02 Å². The zero-order valence-electron chi connectivity index (χ0n) is 22.2. The first-order valence-electron chi connectivity index (χ1n) is 13.0. The van der Waals surface area contributed by atoms with Crippen LogP contribution in [0.1, 0.15) is 39.6 Å². The Morgan fingerprint density at radius 2 is 1.86 bits per heavy atom. The lowest BCUT2D eigenvalue weighted by Gasteiger charge is -2.12. The van der Waals surface area contributed by atoms with Crippen molar-refractivity contribution in [2.75, 3.05) is 6.61 Å². The highest BCUT2D eigenvalue weighted by molar-refractivity contribution is 7.92. The van der Waals surface area contributed by atoms with Crippen molar-refractivity contribution in [1.29, 1.82) is 0 Å². The lowest BCUT2D eigenvalue weighted by atomic mass is 10.1. The molecule has 9 nitrogen and oxygen atoms in total. The van der Waals surface area contributed by atoms with Gasteiger partial charge < -0.3 is 14.8 Å². The minimum atomic E-state index is -4.43. The van der Waals surface area contributed by atoms with Crippen molar-refractivity contribution in [2.24, 2.45) is 0 Å². The van der Waals surface area contributed by atoms with Crippen LogP contribution in [0.5, 0.6) is 5.75 Å². The third kappa shape index (κ3) is 5.78. The van der Waals surface area contributed by atoms with Gasteiger partial charge >= 0.3 is 6.61 Å². The summed E-state index contributed by atoms with van der Waals surface area (Å²) in [6.45, 7) is -4.22. The Bertz CT molecular complexity index is 1910. The van der Waals surface area contributed by atoms with Crippen LogP contribution in [-0.2, 0) is 27.7 Å². The smallest absolute Gasteiger partial charge is 0.387 e. The number of aromatic nitrogens is 3. The zero-order valence-corrected chi connectivity index (χ0v) is 23.8. The number of hydrogen-bond donors (Lipinski definition) is 1. The van der Waals surface area contributed by atoms with Gasteiger partial charge in [0.15, 0.2) is 0 Å². The van der Waals surface area contributed by atoms with Crippen molar-refractivity contribution < 1.29 is 44.6 Å². The van der Waals surface area contributed by atoms with Crippen molar-refractivity contribution in [3.63, 3.8) is 0 Å². The van der Waals surface area contributed by atoms with Gasteiger partial charge in [-0.1, -0.05) is 11.6 Å². The van der Waals surface area contributed by atoms with Gasteiger partial charge in [-0.2, -0.15) is 8.78 Å². The molecule has 1 fully saturated rings. The van der Waals surface area contributed by atoms with Crippen molar-refractivity contribution in [3.05, 3.63) is 76.2 Å². The number of carbonyl (C=O) groups excluding carboxylic acids is 1. The molecule has 44 heavy (non-hydrogen) atoms. The van der Waals surface area contributed by atoms with Gasteiger partial charge in [0.1, 0.15) is 5.75 Å². The Kier molecular flexibility index (Phi) is 7.66. The number of fused-ring (bicyclic) bond motifs is 2. The van der Waals surface area contributed by atoms with Crippen molar-refractivity contribution in [1.82, 2.24) is 20.3 Å². The fourth-order valence-corrected chi connectivity index (χ4v) is 6.43. The van der Waals surface area contributed by atoms with Crippen LogP contribution >= 0.6 is 11.6 Å². The summed E-state index contributed by atoms with van der Waals surface area (Å²) in [5.41, 5.74) is -1.46. The number of hydrogen-bond acceptors (Lipinski definition) is 8. The standard InChI is InChI=1S/C28H20ClF5N4O5S/c29-18-5-14(6-23-16(18)11-42-12-24(30)44(23,40)41)26(39)36-10-15-7-21-13(9-35-15)1-2-19(37-21)20-3-4-22(43-27(31)32)25(38-20)17-8-28(17,33)34/h1-7,9,17,24,27H,8,10-12H2,(H,36,39)/t17-,24-/m1/s1. The molecule has 4 heterocycles. The lowest BCUT2D eigenvalue weighted by molar-refractivity contribution is -0.0510. The predicted octanol–water partition coefficient (Wildman–Crippen LogP) is 5.60. The van der Waals surface area contributed by atoms with E-state index in [2.05, 4.69) is 25.0 Å². The molecule has 1 N–H and O–H groups in total. The number of rotatable bonds is 7. The molecule has 6 rings (SSSR count). The zero-order chi connectivity index (χ0) is 31.4. The molecule has 2 atom stereocenters. The molecule has 1 aromatic carbocycles. The SMILES string of the molecule is O=C(NCc1cc2nc(-c3ccc(OC(F)F)c([C@H]4CC4(F)F)n3)ccc2cn1)c1cc(Cl)c2c(c1)S(=O)(=O)[C@@H](F)COC2. The summed E-state index contributed by atoms with van der Waals surface area (Å²) >= 11 is 6.21. The number of pyridine rings is 3. The quantitative estimate of drug-likeness (QED) is 0.256. The molecule has 0 bridgehead atoms. The average Bonchev–Trinajstić information content (AvgIpc) is 3.64. The average molecular weight is 655 g/mol. The summed E-state index contributed by atoms with van der Waals surface area (Å²) in [6.07, 6.45) is 0.956. The molecule has 230 valence electrons. The number of sulfone groups is 1. The molecule has 0 unspecified atom stereocenters. The van der Waals surface area contributed by atoms with E-state index in [1.807, 2.05) is 0 Å². The molecule has 3 aromatic heterocycles. The lowest BCUT2D eigenvalue weighted by Crippen LogP contribution is -2.24. The molecule has 2 aliphatic rings. The second-order valence-electron chi connectivity index (χ2n) is 10.1. The molecule has 1 amide bonds. The van der Waals surface area contributed by atoms with Crippen LogP contribution in [0.4, 0.5) is 22.0 Å². The largest absolute Gasteiger partial charge is 0.433 e. The van der Waals surface area contributed by atoms with Gasteiger partial charge in [0, 0.05) is 34.2 Å². The number of amides is 1. The number of nitrogens with one attached hydrogen (secondary N) is 1. The fourth-order valence-electron chi connectivity index (χ4n) is 4.75. The van der Waals surface area contributed by atoms with E-state index in [1.54, 1.807) is 18.2 Å². The maximum atomic E-state index is 14.2. The van der Waals surface area contributed by atoms with E-state index in [-0.39, 0.29) is 46.4 Å². The highest BCUT2D eigenvalue weighted by atomic mass is 35.5. The molecule has 1 aliphatic heterocycles. The minimum Gasteiger partial charge on any atom is -0.433 e. The summed E-state index contributed by atoms with van der Waals surface area (Å²) in [5, 5.41) is 3.14. The number of alkyl halides is 5. The molecule has 16 heteroatoms. The summed E-state index contributed by atoms with van der Waals surface area (Å²) in [4.78, 5) is 25.5. The number of carbonyl (C=O) groups is 1. The topological polar surface area (TPSA) is 120 Å². The van der Waals surface area contributed by atoms with E-state index in [4.69, 9.17) is 16.3 Å². The molecule has 1 aliphatic carbocycles. The van der Waals surface area contributed by atoms with Gasteiger partial charge in [-0.05, 0) is 42.5 Å². The summed E-state index contributed by atoms with van der Waals surface area (Å²) < 4.78 is 102. The Balaban J connectivity index is 1.24. The summed E-state index contributed by atoms with van der Waals surface area (Å²) in [7, 11) is -4.43. The maximum absolute atomic E-state index is 14.2. The van der Waals surface area contributed by atoms with Crippen molar-refractivity contribution >= 4 is 38.2 Å². The second-order valence-corrected chi connectivity index (χ2v) is 12.6. The summed E-state index contributed by atoms with van der Waals surface area (Å²) in [6, 6.07) is 9.57. The second kappa shape index (κ2) is 11.2. The molecular weight excluding hydrogens is 635 g/mol. The number of ether oxygens (including phenoxy) is 2. The number of benzene rings is 1. The van der Waals surface area contributed by atoms with Gasteiger partial charge in [-0.15, -0.1) is 0 Å². The third-order valence-electron chi connectivity index (χ3n) is 7.14. The van der Waals surface area contributed by atoms with Gasteiger partial charge in [-0.3, -0.25) is 9.78 Å². The van der Waals surface area contributed by atoms with Crippen LogP contribution in [0, 0.1) is 0 Å². The molecule has 4 aromatic rings. The normalized spacial score (nSPS) is 20.2. The number of halogens is 6. The van der Waals surface area contributed by atoms with Crippen LogP contribution in [0.3, 0.4) is 0 Å². The molecule has 0 saturated heterocycles. The molecule has 0 spiro atoms. The Morgan fingerprint density at radius 3 is 2.59 bits per heavy atom. The molecule has 0 radical (unpaired) electrons. The monoisotopic (exact) mass is 654 g/mol.